The molecule has 2 aliphatic heterocycles. The number of carbonyl (C=O) groups excluding carboxylic acids is 1. The number of ether oxygens (including phenoxy) is 1. The third-order valence-electron chi connectivity index (χ3n) is 6.37. The molecule has 0 aromatic carbocycles. The van der Waals surface area contributed by atoms with E-state index in [0.29, 0.717) is 18.1 Å². The van der Waals surface area contributed by atoms with Crippen molar-refractivity contribution in [1.82, 2.24) is 14.7 Å². The Hall–Kier alpha value is -0.950. The third-order valence-corrected chi connectivity index (χ3v) is 6.37. The maximum absolute atomic E-state index is 12.5. The number of hydrogen-bond donors (Lipinski definition) is 0. The molecular formula is C18H31F2N3O2. The second-order valence-electron chi connectivity index (χ2n) is 8.03. The molecule has 0 aromatic rings. The molecule has 1 spiro atoms. The van der Waals surface area contributed by atoms with Crippen LogP contribution in [0.25, 0.3) is 0 Å². The van der Waals surface area contributed by atoms with Crippen molar-refractivity contribution >= 4 is 6.09 Å². The first-order valence-electron chi connectivity index (χ1n) is 9.56. The Morgan fingerprint density at radius 2 is 1.96 bits per heavy atom. The highest BCUT2D eigenvalue weighted by atomic mass is 19.3. The van der Waals surface area contributed by atoms with Crippen molar-refractivity contribution in [2.45, 2.75) is 57.5 Å². The molecule has 0 N–H and O–H groups in total. The van der Waals surface area contributed by atoms with Gasteiger partial charge in [-0.2, -0.15) is 0 Å². The van der Waals surface area contributed by atoms with E-state index in [1.165, 1.54) is 0 Å². The fourth-order valence-corrected chi connectivity index (χ4v) is 4.90. The topological polar surface area (TPSA) is 36.0 Å². The number of alkyl halides is 2. The summed E-state index contributed by atoms with van der Waals surface area (Å²) in [6.07, 6.45) is 2.91. The SMILES string of the molecule is CCOC(=O)N1CCC2(CC(N3CCC(N(C)CC(F)F)CC3)C2)C1. The van der Waals surface area contributed by atoms with E-state index in [1.807, 2.05) is 23.8 Å². The van der Waals surface area contributed by atoms with Crippen LogP contribution in [0.5, 0.6) is 0 Å². The van der Waals surface area contributed by atoms with Gasteiger partial charge < -0.3 is 14.5 Å². The van der Waals surface area contributed by atoms with Crippen LogP contribution >= 0.6 is 0 Å². The van der Waals surface area contributed by atoms with Gasteiger partial charge in [-0.15, -0.1) is 0 Å². The average Bonchev–Trinajstić information content (AvgIpc) is 2.99. The van der Waals surface area contributed by atoms with Gasteiger partial charge in [0.2, 0.25) is 0 Å². The summed E-state index contributed by atoms with van der Waals surface area (Å²) in [5.41, 5.74) is 0.292. The first-order valence-corrected chi connectivity index (χ1v) is 9.56. The molecule has 0 bridgehead atoms. The molecule has 1 amide bonds. The molecule has 3 rings (SSSR count). The summed E-state index contributed by atoms with van der Waals surface area (Å²) in [7, 11) is 1.81. The van der Waals surface area contributed by atoms with Gasteiger partial charge in [-0.05, 0) is 64.6 Å². The van der Waals surface area contributed by atoms with E-state index in [2.05, 4.69) is 4.90 Å². The Morgan fingerprint density at radius 3 is 2.56 bits per heavy atom. The zero-order valence-electron chi connectivity index (χ0n) is 15.4. The summed E-state index contributed by atoms with van der Waals surface area (Å²) in [4.78, 5) is 18.1. The lowest BCUT2D eigenvalue weighted by molar-refractivity contribution is -0.0185. The van der Waals surface area contributed by atoms with Gasteiger partial charge in [0, 0.05) is 25.2 Å². The second kappa shape index (κ2) is 7.74. The van der Waals surface area contributed by atoms with Gasteiger partial charge in [0.05, 0.1) is 13.2 Å². The number of halogens is 2. The Kier molecular flexibility index (Phi) is 5.83. The van der Waals surface area contributed by atoms with Crippen LogP contribution < -0.4 is 0 Å². The van der Waals surface area contributed by atoms with Gasteiger partial charge in [0.1, 0.15) is 0 Å². The number of carbonyl (C=O) groups is 1. The molecule has 5 nitrogen and oxygen atoms in total. The Balaban J connectivity index is 1.40. The molecular weight excluding hydrogens is 328 g/mol. The molecule has 3 aliphatic rings. The molecule has 1 aliphatic carbocycles. The van der Waals surface area contributed by atoms with Gasteiger partial charge in [0.15, 0.2) is 0 Å². The second-order valence-corrected chi connectivity index (χ2v) is 8.03. The summed E-state index contributed by atoms with van der Waals surface area (Å²) >= 11 is 0. The summed E-state index contributed by atoms with van der Waals surface area (Å²) in [5, 5.41) is 0. The molecule has 1 saturated carbocycles. The van der Waals surface area contributed by atoms with Crippen LogP contribution in [0.2, 0.25) is 0 Å². The minimum atomic E-state index is -2.25. The van der Waals surface area contributed by atoms with Crippen LogP contribution in [-0.2, 0) is 4.74 Å². The first-order chi connectivity index (χ1) is 11.9. The summed E-state index contributed by atoms with van der Waals surface area (Å²) in [6, 6.07) is 0.883. The fourth-order valence-electron chi connectivity index (χ4n) is 4.90. The van der Waals surface area contributed by atoms with Crippen molar-refractivity contribution in [1.29, 1.82) is 0 Å². The van der Waals surface area contributed by atoms with Crippen molar-refractivity contribution in [2.75, 3.05) is 46.4 Å². The van der Waals surface area contributed by atoms with E-state index in [-0.39, 0.29) is 18.7 Å². The number of amides is 1. The quantitative estimate of drug-likeness (QED) is 0.756. The lowest BCUT2D eigenvalue weighted by Gasteiger charge is -2.52. The van der Waals surface area contributed by atoms with Crippen LogP contribution in [0.4, 0.5) is 13.6 Å². The van der Waals surface area contributed by atoms with E-state index in [0.717, 1.165) is 58.3 Å². The maximum atomic E-state index is 12.5. The van der Waals surface area contributed by atoms with Gasteiger partial charge >= 0.3 is 6.09 Å². The van der Waals surface area contributed by atoms with Crippen molar-refractivity contribution in [2.24, 2.45) is 5.41 Å². The number of rotatable bonds is 5. The largest absolute Gasteiger partial charge is 0.450 e. The zero-order valence-corrected chi connectivity index (χ0v) is 15.4. The van der Waals surface area contributed by atoms with E-state index in [9.17, 15) is 13.6 Å². The van der Waals surface area contributed by atoms with Crippen molar-refractivity contribution in [3.8, 4) is 0 Å². The Bertz CT molecular complexity index is 463. The normalized spacial score (nSPS) is 31.1. The molecule has 0 radical (unpaired) electrons. The van der Waals surface area contributed by atoms with Crippen LogP contribution in [0.1, 0.15) is 39.0 Å². The van der Waals surface area contributed by atoms with E-state index in [4.69, 9.17) is 4.74 Å². The van der Waals surface area contributed by atoms with Crippen LogP contribution in [0.3, 0.4) is 0 Å². The predicted molar refractivity (Wildman–Crippen MR) is 91.9 cm³/mol. The molecule has 7 heteroatoms. The monoisotopic (exact) mass is 359 g/mol. The molecule has 3 fully saturated rings. The van der Waals surface area contributed by atoms with E-state index >= 15 is 0 Å². The lowest BCUT2D eigenvalue weighted by atomic mass is 9.64. The van der Waals surface area contributed by atoms with Gasteiger partial charge in [-0.1, -0.05) is 0 Å². The standard InChI is InChI=1S/C18H31F2N3O2/c1-3-25-17(24)23-9-6-18(13-23)10-15(11-18)22-7-4-14(5-8-22)21(2)12-16(19)20/h14-16H,3-13H2,1-2H3. The van der Waals surface area contributed by atoms with Gasteiger partial charge in [-0.3, -0.25) is 4.90 Å². The highest BCUT2D eigenvalue weighted by molar-refractivity contribution is 5.68. The smallest absolute Gasteiger partial charge is 0.409 e. The van der Waals surface area contributed by atoms with E-state index < -0.39 is 6.43 Å². The van der Waals surface area contributed by atoms with Crippen LogP contribution in [0.15, 0.2) is 0 Å². The maximum Gasteiger partial charge on any atom is 0.409 e. The average molecular weight is 359 g/mol. The summed E-state index contributed by atoms with van der Waals surface area (Å²) in [5.74, 6) is 0. The molecule has 2 heterocycles. The Morgan fingerprint density at radius 1 is 1.28 bits per heavy atom. The van der Waals surface area contributed by atoms with Crippen molar-refractivity contribution in [3.05, 3.63) is 0 Å². The zero-order chi connectivity index (χ0) is 18.0. The third kappa shape index (κ3) is 4.25. The van der Waals surface area contributed by atoms with Crippen LogP contribution in [-0.4, -0.2) is 85.7 Å². The lowest BCUT2D eigenvalue weighted by Crippen LogP contribution is -2.56. The minimum Gasteiger partial charge on any atom is -0.450 e. The van der Waals surface area contributed by atoms with Gasteiger partial charge in [0.25, 0.3) is 6.43 Å². The number of hydrogen-bond acceptors (Lipinski definition) is 4. The Labute approximate surface area is 149 Å². The number of piperidine rings is 1. The number of nitrogens with zero attached hydrogens (tertiary/aromatic N) is 3. The highest BCUT2D eigenvalue weighted by Crippen LogP contribution is 2.50. The first kappa shape index (κ1) is 18.8. The van der Waals surface area contributed by atoms with Crippen molar-refractivity contribution in [3.63, 3.8) is 0 Å². The number of likely N-dealkylation sites (tertiary alicyclic amines) is 2. The molecule has 0 unspecified atom stereocenters. The minimum absolute atomic E-state index is 0.124. The molecule has 2 saturated heterocycles. The molecule has 0 aromatic heterocycles. The fraction of sp³-hybridized carbons (Fsp3) is 0.944. The van der Waals surface area contributed by atoms with Crippen molar-refractivity contribution < 1.29 is 18.3 Å². The predicted octanol–water partition coefficient (Wildman–Crippen LogP) is 2.66. The van der Waals surface area contributed by atoms with E-state index in [1.54, 1.807) is 0 Å². The molecule has 25 heavy (non-hydrogen) atoms. The highest BCUT2D eigenvalue weighted by Gasteiger charge is 2.51. The molecule has 0 atom stereocenters. The van der Waals surface area contributed by atoms with Crippen LogP contribution in [0, 0.1) is 5.41 Å². The summed E-state index contributed by atoms with van der Waals surface area (Å²) in [6.45, 7) is 5.79. The molecule has 144 valence electrons. The van der Waals surface area contributed by atoms with Gasteiger partial charge in [-0.25, -0.2) is 13.6 Å². The summed E-state index contributed by atoms with van der Waals surface area (Å²) < 4.78 is 30.2.